The summed E-state index contributed by atoms with van der Waals surface area (Å²) < 4.78 is 20.2. The minimum absolute atomic E-state index is 0.0370. The van der Waals surface area contributed by atoms with Crippen molar-refractivity contribution < 1.29 is 19.0 Å². The smallest absolute Gasteiger partial charge is 0.317 e. The van der Waals surface area contributed by atoms with Crippen molar-refractivity contribution in [3.05, 3.63) is 88.7 Å². The Morgan fingerprint density at radius 2 is 1.89 bits per heavy atom. The van der Waals surface area contributed by atoms with E-state index in [1.54, 1.807) is 13.2 Å². The molecule has 2 heterocycles. The van der Waals surface area contributed by atoms with Crippen molar-refractivity contribution in [1.82, 2.24) is 9.88 Å². The lowest BCUT2D eigenvalue weighted by atomic mass is 10.1. The number of methoxy groups -OCH3 is 1. The summed E-state index contributed by atoms with van der Waals surface area (Å²) in [7, 11) is 1.65. The quantitative estimate of drug-likeness (QED) is 0.352. The summed E-state index contributed by atoms with van der Waals surface area (Å²) in [6.07, 6.45) is 0.805. The van der Waals surface area contributed by atoms with Crippen LogP contribution in [0.3, 0.4) is 0 Å². The lowest BCUT2D eigenvalue weighted by molar-refractivity contribution is -0.138. The highest BCUT2D eigenvalue weighted by Gasteiger charge is 2.22. The maximum atomic E-state index is 14.4. The third-order valence-electron chi connectivity index (χ3n) is 6.25. The second kappa shape index (κ2) is 10.0. The lowest BCUT2D eigenvalue weighted by Gasteiger charge is -2.22. The summed E-state index contributed by atoms with van der Waals surface area (Å²) >= 11 is 1.37. The average Bonchev–Trinajstić information content (AvgIpc) is 3.46. The molecule has 0 fully saturated rings. The number of ether oxygens (including phenoxy) is 1. The topological polar surface area (TPSA) is 65.9 Å². The van der Waals surface area contributed by atoms with Crippen molar-refractivity contribution in [2.75, 3.05) is 25.1 Å². The number of thiazole rings is 1. The molecule has 5 rings (SSSR count). The molecule has 0 atom stereocenters. The first-order valence-electron chi connectivity index (χ1n) is 11.5. The Morgan fingerprint density at radius 3 is 2.63 bits per heavy atom. The zero-order valence-corrected chi connectivity index (χ0v) is 20.2. The van der Waals surface area contributed by atoms with Crippen LogP contribution in [0.1, 0.15) is 22.3 Å². The fourth-order valence-electron chi connectivity index (χ4n) is 4.48. The van der Waals surface area contributed by atoms with Crippen LogP contribution in [0.2, 0.25) is 0 Å². The molecule has 0 bridgehead atoms. The number of hydrogen-bond acceptors (Lipinski definition) is 6. The van der Waals surface area contributed by atoms with Crippen molar-refractivity contribution >= 4 is 32.7 Å². The molecule has 35 heavy (non-hydrogen) atoms. The normalized spacial score (nSPS) is 13.2. The highest BCUT2D eigenvalue weighted by Crippen LogP contribution is 2.32. The molecule has 0 radical (unpaired) electrons. The Kier molecular flexibility index (Phi) is 6.66. The summed E-state index contributed by atoms with van der Waals surface area (Å²) in [5, 5.41) is 9.91. The molecule has 3 aromatic carbocycles. The SMILES string of the molecule is COc1ccc(CCN(Cc2ccc3c(c2)CN(CC(=O)O)C3)c2nc3cccc(F)c3s2)cc1. The number of anilines is 1. The van der Waals surface area contributed by atoms with Gasteiger partial charge in [0.15, 0.2) is 5.13 Å². The van der Waals surface area contributed by atoms with Crippen molar-refractivity contribution in [2.45, 2.75) is 26.1 Å². The molecule has 0 spiro atoms. The molecule has 1 aromatic heterocycles. The molecule has 0 saturated carbocycles. The van der Waals surface area contributed by atoms with Gasteiger partial charge in [-0.1, -0.05) is 47.7 Å². The van der Waals surface area contributed by atoms with Crippen LogP contribution in [-0.2, 0) is 30.8 Å². The van der Waals surface area contributed by atoms with Gasteiger partial charge in [0.25, 0.3) is 0 Å². The van der Waals surface area contributed by atoms with Gasteiger partial charge in [0, 0.05) is 26.2 Å². The van der Waals surface area contributed by atoms with Crippen molar-refractivity contribution in [3.63, 3.8) is 0 Å². The van der Waals surface area contributed by atoms with Crippen LogP contribution in [0.15, 0.2) is 60.7 Å². The third kappa shape index (κ3) is 5.28. The summed E-state index contributed by atoms with van der Waals surface area (Å²) in [4.78, 5) is 20.0. The predicted molar refractivity (Wildman–Crippen MR) is 136 cm³/mol. The van der Waals surface area contributed by atoms with Gasteiger partial charge in [-0.3, -0.25) is 9.69 Å². The standard InChI is InChI=1S/C27H26FN3O3S/c1-34-22-9-6-18(7-10-22)11-12-31(27-29-24-4-2-3-23(28)26(24)35-27)14-19-5-8-20-15-30(17-25(32)33)16-21(20)13-19/h2-10,13H,11-12,14-17H2,1H3,(H,32,33). The van der Waals surface area contributed by atoms with Gasteiger partial charge in [-0.25, -0.2) is 9.37 Å². The molecule has 6 nitrogen and oxygen atoms in total. The maximum Gasteiger partial charge on any atom is 0.317 e. The second-order valence-electron chi connectivity index (χ2n) is 8.75. The lowest BCUT2D eigenvalue weighted by Crippen LogP contribution is -2.25. The van der Waals surface area contributed by atoms with E-state index in [1.165, 1.54) is 28.5 Å². The number of carboxylic acids is 1. The number of rotatable bonds is 9. The van der Waals surface area contributed by atoms with Crippen LogP contribution in [0, 0.1) is 5.82 Å². The van der Waals surface area contributed by atoms with E-state index >= 15 is 0 Å². The largest absolute Gasteiger partial charge is 0.497 e. The number of hydrogen-bond donors (Lipinski definition) is 1. The van der Waals surface area contributed by atoms with Crippen LogP contribution >= 0.6 is 11.3 Å². The summed E-state index contributed by atoms with van der Waals surface area (Å²) in [5.74, 6) is -0.245. The summed E-state index contributed by atoms with van der Waals surface area (Å²) in [6.45, 7) is 2.67. The molecule has 1 aliphatic rings. The van der Waals surface area contributed by atoms with E-state index < -0.39 is 5.97 Å². The van der Waals surface area contributed by atoms with Crippen LogP contribution in [0.25, 0.3) is 10.2 Å². The Hall–Kier alpha value is -3.49. The molecular weight excluding hydrogens is 465 g/mol. The molecule has 8 heteroatoms. The first-order valence-corrected chi connectivity index (χ1v) is 12.3. The van der Waals surface area contributed by atoms with E-state index in [-0.39, 0.29) is 12.4 Å². The number of carbonyl (C=O) groups is 1. The number of aromatic nitrogens is 1. The van der Waals surface area contributed by atoms with Gasteiger partial charge in [0.1, 0.15) is 11.6 Å². The molecule has 0 unspecified atom stereocenters. The summed E-state index contributed by atoms with van der Waals surface area (Å²) in [6, 6.07) is 19.4. The van der Waals surface area contributed by atoms with Crippen LogP contribution in [-0.4, -0.2) is 41.2 Å². The molecule has 180 valence electrons. The molecule has 0 aliphatic carbocycles. The highest BCUT2D eigenvalue weighted by atomic mass is 32.1. The van der Waals surface area contributed by atoms with E-state index in [0.717, 1.165) is 35.0 Å². The van der Waals surface area contributed by atoms with Gasteiger partial charge in [-0.15, -0.1) is 0 Å². The van der Waals surface area contributed by atoms with Gasteiger partial charge in [-0.05, 0) is 52.9 Å². The van der Waals surface area contributed by atoms with Gasteiger partial charge >= 0.3 is 5.97 Å². The van der Waals surface area contributed by atoms with E-state index in [2.05, 4.69) is 35.2 Å². The number of nitrogens with zero attached hydrogens (tertiary/aromatic N) is 3. The van der Waals surface area contributed by atoms with Crippen molar-refractivity contribution in [3.8, 4) is 5.75 Å². The Balaban J connectivity index is 1.39. The fraction of sp³-hybridized carbons (Fsp3) is 0.259. The summed E-state index contributed by atoms with van der Waals surface area (Å²) in [5.41, 5.74) is 5.30. The van der Waals surface area contributed by atoms with Crippen molar-refractivity contribution in [2.24, 2.45) is 0 Å². The average molecular weight is 492 g/mol. The Labute approximate surface area is 207 Å². The van der Waals surface area contributed by atoms with E-state index in [4.69, 9.17) is 14.8 Å². The maximum absolute atomic E-state index is 14.4. The molecule has 4 aromatic rings. The Morgan fingerprint density at radius 1 is 1.11 bits per heavy atom. The minimum Gasteiger partial charge on any atom is -0.497 e. The third-order valence-corrected chi connectivity index (χ3v) is 7.39. The van der Waals surface area contributed by atoms with Crippen LogP contribution in [0.4, 0.5) is 9.52 Å². The first-order chi connectivity index (χ1) is 17.0. The first kappa shape index (κ1) is 23.3. The molecule has 1 N–H and O–H groups in total. The zero-order valence-electron chi connectivity index (χ0n) is 19.4. The van der Waals surface area contributed by atoms with Gasteiger partial charge in [0.05, 0.1) is 23.9 Å². The van der Waals surface area contributed by atoms with Gasteiger partial charge < -0.3 is 14.7 Å². The number of fused-ring (bicyclic) bond motifs is 2. The molecular formula is C27H26FN3O3S. The van der Waals surface area contributed by atoms with Gasteiger partial charge in [-0.2, -0.15) is 0 Å². The Bertz CT molecular complexity index is 1360. The predicted octanol–water partition coefficient (Wildman–Crippen LogP) is 5.09. The van der Waals surface area contributed by atoms with Crippen LogP contribution in [0.5, 0.6) is 5.75 Å². The molecule has 1 aliphatic heterocycles. The fourth-order valence-corrected chi connectivity index (χ4v) is 5.47. The highest BCUT2D eigenvalue weighted by molar-refractivity contribution is 7.22. The minimum atomic E-state index is -0.814. The zero-order chi connectivity index (χ0) is 24.4. The molecule has 0 amide bonds. The number of aliphatic carboxylic acids is 1. The molecule has 0 saturated heterocycles. The van der Waals surface area contributed by atoms with Crippen molar-refractivity contribution in [1.29, 1.82) is 0 Å². The number of carboxylic acid groups (broad SMARTS) is 1. The van der Waals surface area contributed by atoms with E-state index in [9.17, 15) is 9.18 Å². The number of halogens is 1. The monoisotopic (exact) mass is 491 g/mol. The van der Waals surface area contributed by atoms with Crippen LogP contribution < -0.4 is 9.64 Å². The van der Waals surface area contributed by atoms with E-state index in [1.807, 2.05) is 23.1 Å². The van der Waals surface area contributed by atoms with E-state index in [0.29, 0.717) is 29.9 Å². The van der Waals surface area contributed by atoms with Gasteiger partial charge in [0.2, 0.25) is 0 Å². The number of benzene rings is 3. The second-order valence-corrected chi connectivity index (χ2v) is 9.72.